The van der Waals surface area contributed by atoms with Crippen molar-refractivity contribution in [2.45, 2.75) is 50.3 Å². The summed E-state index contributed by atoms with van der Waals surface area (Å²) in [6.07, 6.45) is 5.85. The van der Waals surface area contributed by atoms with Crippen LogP contribution < -0.4 is 4.72 Å². The van der Waals surface area contributed by atoms with Crippen molar-refractivity contribution in [2.24, 2.45) is 11.8 Å². The number of aryl methyl sites for hydroxylation is 1. The second-order valence-electron chi connectivity index (χ2n) is 7.41. The summed E-state index contributed by atoms with van der Waals surface area (Å²) in [5.74, 6) is 0.780. The molecule has 25 heavy (non-hydrogen) atoms. The fourth-order valence-corrected chi connectivity index (χ4v) is 4.95. The Morgan fingerprint density at radius 1 is 1.08 bits per heavy atom. The van der Waals surface area contributed by atoms with Crippen molar-refractivity contribution in [2.75, 3.05) is 19.6 Å². The van der Waals surface area contributed by atoms with Crippen LogP contribution in [0.1, 0.15) is 44.1 Å². The Hall–Kier alpha value is -1.40. The van der Waals surface area contributed by atoms with Gasteiger partial charge in [-0.25, -0.2) is 13.1 Å². The number of carbonyl (C=O) groups is 1. The summed E-state index contributed by atoms with van der Waals surface area (Å²) in [5.41, 5.74) is 1.04. The first-order valence-corrected chi connectivity index (χ1v) is 10.8. The average Bonchev–Trinajstić information content (AvgIpc) is 3.15. The molecule has 1 amide bonds. The SMILES string of the molecule is Cc1ccc(S(=O)(=O)NCC2CCC(C(=O)N3CCCC3)CC2)cc1. The molecule has 0 atom stereocenters. The van der Waals surface area contributed by atoms with E-state index in [0.29, 0.717) is 23.3 Å². The molecule has 0 aromatic heterocycles. The zero-order valence-corrected chi connectivity index (χ0v) is 15.7. The lowest BCUT2D eigenvalue weighted by atomic mass is 9.81. The molecule has 1 saturated heterocycles. The highest BCUT2D eigenvalue weighted by Gasteiger charge is 2.31. The molecule has 0 bridgehead atoms. The molecule has 5 nitrogen and oxygen atoms in total. The van der Waals surface area contributed by atoms with Gasteiger partial charge in [0.1, 0.15) is 0 Å². The molecule has 1 N–H and O–H groups in total. The molecule has 1 heterocycles. The fourth-order valence-electron chi connectivity index (χ4n) is 3.84. The molecule has 1 aromatic rings. The standard InChI is InChI=1S/C19H28N2O3S/c1-15-4-10-18(11-5-15)25(23,24)20-14-16-6-8-17(9-7-16)19(22)21-12-2-3-13-21/h4-5,10-11,16-17,20H,2-3,6-9,12-14H2,1H3. The van der Waals surface area contributed by atoms with Crippen LogP contribution in [0.5, 0.6) is 0 Å². The number of amides is 1. The molecule has 1 aliphatic carbocycles. The monoisotopic (exact) mass is 364 g/mol. The van der Waals surface area contributed by atoms with Gasteiger partial charge in [-0.05, 0) is 63.5 Å². The van der Waals surface area contributed by atoms with E-state index in [1.165, 1.54) is 0 Å². The maximum atomic E-state index is 12.5. The van der Waals surface area contributed by atoms with Crippen molar-refractivity contribution in [1.29, 1.82) is 0 Å². The molecule has 0 unspecified atom stereocenters. The van der Waals surface area contributed by atoms with Crippen molar-refractivity contribution in [3.63, 3.8) is 0 Å². The normalized spacial score (nSPS) is 24.4. The minimum absolute atomic E-state index is 0.142. The van der Waals surface area contributed by atoms with Crippen LogP contribution in [0.25, 0.3) is 0 Å². The van der Waals surface area contributed by atoms with Gasteiger partial charge in [-0.2, -0.15) is 0 Å². The highest BCUT2D eigenvalue weighted by molar-refractivity contribution is 7.89. The van der Waals surface area contributed by atoms with Crippen molar-refractivity contribution < 1.29 is 13.2 Å². The zero-order valence-electron chi connectivity index (χ0n) is 14.9. The van der Waals surface area contributed by atoms with Crippen LogP contribution in [-0.2, 0) is 14.8 Å². The van der Waals surface area contributed by atoms with Gasteiger partial charge in [0, 0.05) is 25.6 Å². The first-order valence-electron chi connectivity index (χ1n) is 9.31. The number of nitrogens with one attached hydrogen (secondary N) is 1. The van der Waals surface area contributed by atoms with Crippen molar-refractivity contribution in [3.8, 4) is 0 Å². The number of sulfonamides is 1. The Kier molecular flexibility index (Phi) is 5.79. The van der Waals surface area contributed by atoms with E-state index in [-0.39, 0.29) is 5.92 Å². The minimum Gasteiger partial charge on any atom is -0.342 e. The van der Waals surface area contributed by atoms with E-state index in [9.17, 15) is 13.2 Å². The van der Waals surface area contributed by atoms with Gasteiger partial charge in [0.05, 0.1) is 4.90 Å². The summed E-state index contributed by atoms with van der Waals surface area (Å²) in [6, 6.07) is 6.90. The molecular formula is C19H28N2O3S. The zero-order chi connectivity index (χ0) is 17.9. The molecule has 1 saturated carbocycles. The van der Waals surface area contributed by atoms with Gasteiger partial charge in [0.15, 0.2) is 0 Å². The van der Waals surface area contributed by atoms with Gasteiger partial charge in [0.2, 0.25) is 15.9 Å². The Bertz CT molecular complexity index is 686. The highest BCUT2D eigenvalue weighted by Crippen LogP contribution is 2.30. The van der Waals surface area contributed by atoms with Crippen LogP contribution in [0, 0.1) is 18.8 Å². The molecule has 0 radical (unpaired) electrons. The van der Waals surface area contributed by atoms with Crippen LogP contribution in [0.2, 0.25) is 0 Å². The van der Waals surface area contributed by atoms with Crippen LogP contribution in [0.15, 0.2) is 29.2 Å². The van der Waals surface area contributed by atoms with Crippen LogP contribution >= 0.6 is 0 Å². The van der Waals surface area contributed by atoms with Crippen LogP contribution in [0.3, 0.4) is 0 Å². The van der Waals surface area contributed by atoms with E-state index in [2.05, 4.69) is 4.72 Å². The average molecular weight is 365 g/mol. The number of rotatable bonds is 5. The van der Waals surface area contributed by atoms with Gasteiger partial charge in [-0.1, -0.05) is 17.7 Å². The quantitative estimate of drug-likeness (QED) is 0.873. The summed E-state index contributed by atoms with van der Waals surface area (Å²) < 4.78 is 27.5. The Labute approximate surface area is 150 Å². The van der Waals surface area contributed by atoms with Crippen molar-refractivity contribution in [1.82, 2.24) is 9.62 Å². The van der Waals surface area contributed by atoms with E-state index in [4.69, 9.17) is 0 Å². The lowest BCUT2D eigenvalue weighted by Gasteiger charge is -2.30. The van der Waals surface area contributed by atoms with E-state index >= 15 is 0 Å². The van der Waals surface area contributed by atoms with Crippen LogP contribution in [-0.4, -0.2) is 38.9 Å². The summed E-state index contributed by atoms with van der Waals surface area (Å²) in [6.45, 7) is 4.22. The van der Waals surface area contributed by atoms with E-state index in [0.717, 1.165) is 57.2 Å². The van der Waals surface area contributed by atoms with Crippen LogP contribution in [0.4, 0.5) is 0 Å². The summed E-state index contributed by atoms with van der Waals surface area (Å²) in [5, 5.41) is 0. The summed E-state index contributed by atoms with van der Waals surface area (Å²) in [4.78, 5) is 14.8. The maximum Gasteiger partial charge on any atom is 0.240 e. The van der Waals surface area contributed by atoms with Gasteiger partial charge < -0.3 is 4.90 Å². The molecule has 6 heteroatoms. The lowest BCUT2D eigenvalue weighted by Crippen LogP contribution is -2.37. The first kappa shape index (κ1) is 18.4. The van der Waals surface area contributed by atoms with Crippen molar-refractivity contribution in [3.05, 3.63) is 29.8 Å². The number of nitrogens with zero attached hydrogens (tertiary/aromatic N) is 1. The Morgan fingerprint density at radius 3 is 2.28 bits per heavy atom. The number of carbonyl (C=O) groups excluding carboxylic acids is 1. The third kappa shape index (κ3) is 4.61. The van der Waals surface area contributed by atoms with E-state index in [1.807, 2.05) is 24.0 Å². The smallest absolute Gasteiger partial charge is 0.240 e. The molecule has 0 spiro atoms. The van der Waals surface area contributed by atoms with Gasteiger partial charge in [-0.15, -0.1) is 0 Å². The van der Waals surface area contributed by atoms with Gasteiger partial charge in [0.25, 0.3) is 0 Å². The first-order chi connectivity index (χ1) is 12.0. The third-order valence-electron chi connectivity index (χ3n) is 5.51. The predicted octanol–water partition coefficient (Wildman–Crippen LogP) is 2.70. The third-order valence-corrected chi connectivity index (χ3v) is 6.95. The molecule has 3 rings (SSSR count). The number of likely N-dealkylation sites (tertiary alicyclic amines) is 1. The molecule has 2 fully saturated rings. The highest BCUT2D eigenvalue weighted by atomic mass is 32.2. The molecule has 1 aromatic carbocycles. The molecule has 2 aliphatic rings. The summed E-state index contributed by atoms with van der Waals surface area (Å²) >= 11 is 0. The molecular weight excluding hydrogens is 336 g/mol. The molecule has 138 valence electrons. The van der Waals surface area contributed by atoms with Gasteiger partial charge >= 0.3 is 0 Å². The summed E-state index contributed by atoms with van der Waals surface area (Å²) in [7, 11) is -3.44. The van der Waals surface area contributed by atoms with Crippen molar-refractivity contribution >= 4 is 15.9 Å². The topological polar surface area (TPSA) is 66.5 Å². The second-order valence-corrected chi connectivity index (χ2v) is 9.18. The Morgan fingerprint density at radius 2 is 1.68 bits per heavy atom. The van der Waals surface area contributed by atoms with Gasteiger partial charge in [-0.3, -0.25) is 4.79 Å². The maximum absolute atomic E-state index is 12.5. The number of benzene rings is 1. The number of hydrogen-bond donors (Lipinski definition) is 1. The minimum atomic E-state index is -3.44. The Balaban J connectivity index is 1.47. The largest absolute Gasteiger partial charge is 0.342 e. The number of hydrogen-bond acceptors (Lipinski definition) is 3. The lowest BCUT2D eigenvalue weighted by molar-refractivity contribution is -0.135. The fraction of sp³-hybridized carbons (Fsp3) is 0.632. The second kappa shape index (κ2) is 7.87. The van der Waals surface area contributed by atoms with E-state index in [1.54, 1.807) is 12.1 Å². The predicted molar refractivity (Wildman–Crippen MR) is 97.6 cm³/mol. The van der Waals surface area contributed by atoms with E-state index < -0.39 is 10.0 Å². The molecule has 1 aliphatic heterocycles.